The number of nitrogens with zero attached hydrogens (tertiary/aromatic N) is 5. The van der Waals surface area contributed by atoms with Crippen LogP contribution in [0, 0.1) is 18.3 Å². The molecule has 0 amide bonds. The van der Waals surface area contributed by atoms with Gasteiger partial charge in [0.25, 0.3) is 0 Å². The average Bonchev–Trinajstić information content (AvgIpc) is 3.53. The summed E-state index contributed by atoms with van der Waals surface area (Å²) >= 11 is 0. The molecular formula is C25H23N5O3. The third kappa shape index (κ3) is 4.17. The first-order valence-electron chi connectivity index (χ1n) is 10.9. The van der Waals surface area contributed by atoms with Crippen molar-refractivity contribution >= 4 is 5.88 Å². The number of methoxy groups -OCH3 is 1. The molecule has 1 aliphatic rings. The molecule has 2 aromatic heterocycles. The molecule has 8 nitrogen and oxygen atoms in total. The molecule has 0 atom stereocenters. The zero-order valence-electron chi connectivity index (χ0n) is 18.5. The second-order valence-corrected chi connectivity index (χ2v) is 8.10. The van der Waals surface area contributed by atoms with E-state index in [-0.39, 0.29) is 5.92 Å². The van der Waals surface area contributed by atoms with Gasteiger partial charge in [-0.15, -0.1) is 0 Å². The summed E-state index contributed by atoms with van der Waals surface area (Å²) in [5.74, 6) is 3.13. The zero-order valence-corrected chi connectivity index (χ0v) is 18.5. The molecule has 166 valence electrons. The van der Waals surface area contributed by atoms with E-state index in [0.717, 1.165) is 35.3 Å². The second-order valence-electron chi connectivity index (χ2n) is 8.10. The van der Waals surface area contributed by atoms with E-state index in [4.69, 9.17) is 13.7 Å². The molecule has 4 aromatic rings. The summed E-state index contributed by atoms with van der Waals surface area (Å²) in [5.41, 5.74) is 3.20. The monoisotopic (exact) mass is 441 g/mol. The van der Waals surface area contributed by atoms with Crippen molar-refractivity contribution in [2.24, 2.45) is 0 Å². The van der Waals surface area contributed by atoms with Gasteiger partial charge in [-0.25, -0.2) is 0 Å². The van der Waals surface area contributed by atoms with Crippen LogP contribution in [0.25, 0.3) is 22.8 Å². The molecule has 0 unspecified atom stereocenters. The van der Waals surface area contributed by atoms with Crippen LogP contribution in [0.1, 0.15) is 35.9 Å². The summed E-state index contributed by atoms with van der Waals surface area (Å²) in [6.07, 6.45) is 1.63. The van der Waals surface area contributed by atoms with Gasteiger partial charge < -0.3 is 18.6 Å². The van der Waals surface area contributed by atoms with E-state index in [0.29, 0.717) is 42.3 Å². The third-order valence-electron chi connectivity index (χ3n) is 5.94. The van der Waals surface area contributed by atoms with Gasteiger partial charge in [-0.1, -0.05) is 22.9 Å². The van der Waals surface area contributed by atoms with Crippen LogP contribution in [-0.2, 0) is 0 Å². The summed E-state index contributed by atoms with van der Waals surface area (Å²) in [6.45, 7) is 3.45. The van der Waals surface area contributed by atoms with Crippen LogP contribution in [0.4, 0.5) is 5.88 Å². The van der Waals surface area contributed by atoms with E-state index < -0.39 is 0 Å². The minimum atomic E-state index is 0.158. The van der Waals surface area contributed by atoms with Crippen molar-refractivity contribution < 1.29 is 13.7 Å². The number of benzene rings is 2. The highest BCUT2D eigenvalue weighted by Crippen LogP contribution is 2.34. The Kier molecular flexibility index (Phi) is 5.53. The normalized spacial score (nSPS) is 14.3. The van der Waals surface area contributed by atoms with E-state index in [1.54, 1.807) is 7.11 Å². The van der Waals surface area contributed by atoms with Gasteiger partial charge in [0, 0.05) is 30.1 Å². The topological polar surface area (TPSA) is 101 Å². The molecule has 1 saturated heterocycles. The number of rotatable bonds is 5. The Morgan fingerprint density at radius 2 is 1.70 bits per heavy atom. The molecular weight excluding hydrogens is 418 g/mol. The van der Waals surface area contributed by atoms with Crippen LogP contribution in [0.3, 0.4) is 0 Å². The highest BCUT2D eigenvalue weighted by molar-refractivity contribution is 5.60. The van der Waals surface area contributed by atoms with Gasteiger partial charge in [0.05, 0.1) is 7.11 Å². The number of hydrogen-bond donors (Lipinski definition) is 0. The molecule has 0 N–H and O–H groups in total. The smallest absolute Gasteiger partial charge is 0.235 e. The van der Waals surface area contributed by atoms with Crippen molar-refractivity contribution in [3.8, 4) is 34.7 Å². The SMILES string of the molecule is COc1ccc(-c2noc(C3CCN(c4oc(-c5ccc(C)cc5)nc4C#N)CC3)n2)cc1. The molecule has 0 aliphatic carbocycles. The lowest BCUT2D eigenvalue weighted by Crippen LogP contribution is -2.33. The molecule has 0 spiro atoms. The largest absolute Gasteiger partial charge is 0.497 e. The molecule has 5 rings (SSSR count). The maximum absolute atomic E-state index is 9.59. The first-order chi connectivity index (χ1) is 16.1. The first-order valence-corrected chi connectivity index (χ1v) is 10.9. The maximum atomic E-state index is 9.59. The predicted molar refractivity (Wildman–Crippen MR) is 122 cm³/mol. The fraction of sp³-hybridized carbons (Fsp3) is 0.280. The van der Waals surface area contributed by atoms with Gasteiger partial charge in [0.2, 0.25) is 29.2 Å². The number of ether oxygens (including phenoxy) is 1. The number of oxazole rings is 1. The van der Waals surface area contributed by atoms with Gasteiger partial charge in [-0.2, -0.15) is 15.2 Å². The number of nitriles is 1. The Balaban J connectivity index is 1.28. The summed E-state index contributed by atoms with van der Waals surface area (Å²) in [4.78, 5) is 11.1. The molecule has 1 aliphatic heterocycles. The minimum absolute atomic E-state index is 0.158. The highest BCUT2D eigenvalue weighted by atomic mass is 16.5. The van der Waals surface area contributed by atoms with Crippen molar-refractivity contribution in [3.05, 3.63) is 65.7 Å². The van der Waals surface area contributed by atoms with Crippen molar-refractivity contribution in [2.75, 3.05) is 25.1 Å². The molecule has 8 heteroatoms. The first kappa shape index (κ1) is 20.8. The highest BCUT2D eigenvalue weighted by Gasteiger charge is 2.29. The Morgan fingerprint density at radius 3 is 2.36 bits per heavy atom. The van der Waals surface area contributed by atoms with E-state index in [1.165, 1.54) is 0 Å². The van der Waals surface area contributed by atoms with E-state index in [2.05, 4.69) is 26.1 Å². The van der Waals surface area contributed by atoms with Crippen LogP contribution >= 0.6 is 0 Å². The van der Waals surface area contributed by atoms with Crippen molar-refractivity contribution in [1.29, 1.82) is 5.26 Å². The summed E-state index contributed by atoms with van der Waals surface area (Å²) < 4.78 is 16.8. The molecule has 2 aromatic carbocycles. The number of anilines is 1. The zero-order chi connectivity index (χ0) is 22.8. The summed E-state index contributed by atoms with van der Waals surface area (Å²) in [6, 6.07) is 17.6. The van der Waals surface area contributed by atoms with Crippen LogP contribution < -0.4 is 9.64 Å². The van der Waals surface area contributed by atoms with Crippen molar-refractivity contribution in [2.45, 2.75) is 25.7 Å². The van der Waals surface area contributed by atoms with E-state index in [1.807, 2.05) is 55.5 Å². The fourth-order valence-electron chi connectivity index (χ4n) is 4.01. The average molecular weight is 441 g/mol. The number of aromatic nitrogens is 3. The standard InChI is InChI=1S/C25H23N5O3/c1-16-3-5-18(6-4-16)23-27-21(15-26)25(32-23)30-13-11-19(12-14-30)24-28-22(29-33-24)17-7-9-20(31-2)10-8-17/h3-10,19H,11-14H2,1-2H3. The summed E-state index contributed by atoms with van der Waals surface area (Å²) in [7, 11) is 1.63. The molecule has 1 fully saturated rings. The van der Waals surface area contributed by atoms with Gasteiger partial charge in [0.15, 0.2) is 0 Å². The van der Waals surface area contributed by atoms with E-state index >= 15 is 0 Å². The van der Waals surface area contributed by atoms with Gasteiger partial charge in [0.1, 0.15) is 11.8 Å². The van der Waals surface area contributed by atoms with Gasteiger partial charge >= 0.3 is 0 Å². The van der Waals surface area contributed by atoms with Crippen LogP contribution in [-0.4, -0.2) is 35.3 Å². The molecule has 0 saturated carbocycles. The number of aryl methyl sites for hydroxylation is 1. The van der Waals surface area contributed by atoms with Crippen LogP contribution in [0.15, 0.2) is 57.5 Å². The minimum Gasteiger partial charge on any atom is -0.497 e. The lowest BCUT2D eigenvalue weighted by Gasteiger charge is -2.29. The molecule has 0 radical (unpaired) electrons. The van der Waals surface area contributed by atoms with Crippen molar-refractivity contribution in [1.82, 2.24) is 15.1 Å². The Labute approximate surface area is 191 Å². The van der Waals surface area contributed by atoms with Crippen molar-refractivity contribution in [3.63, 3.8) is 0 Å². The number of piperidine rings is 1. The quantitative estimate of drug-likeness (QED) is 0.428. The lowest BCUT2D eigenvalue weighted by atomic mass is 9.97. The predicted octanol–water partition coefficient (Wildman–Crippen LogP) is 4.96. The Bertz CT molecular complexity index is 1280. The van der Waals surface area contributed by atoms with E-state index in [9.17, 15) is 5.26 Å². The Hall–Kier alpha value is -4.12. The maximum Gasteiger partial charge on any atom is 0.235 e. The second kappa shape index (κ2) is 8.79. The third-order valence-corrected chi connectivity index (χ3v) is 5.94. The summed E-state index contributed by atoms with van der Waals surface area (Å²) in [5, 5.41) is 13.7. The molecule has 33 heavy (non-hydrogen) atoms. The molecule has 3 heterocycles. The van der Waals surface area contributed by atoms with Crippen LogP contribution in [0.5, 0.6) is 5.75 Å². The van der Waals surface area contributed by atoms with Crippen LogP contribution in [0.2, 0.25) is 0 Å². The van der Waals surface area contributed by atoms with Gasteiger partial charge in [-0.3, -0.25) is 0 Å². The molecule has 0 bridgehead atoms. The van der Waals surface area contributed by atoms with Gasteiger partial charge in [-0.05, 0) is 56.2 Å². The lowest BCUT2D eigenvalue weighted by molar-refractivity contribution is 0.327. The number of hydrogen-bond acceptors (Lipinski definition) is 8. The Morgan fingerprint density at radius 1 is 1.00 bits per heavy atom. The fourth-order valence-corrected chi connectivity index (χ4v) is 4.01.